The number of aliphatic carboxylic acids is 1. The number of carboxylic acids is 1. The number of carbonyl (C=O) groups is 1. The zero-order chi connectivity index (χ0) is 14.6. The Hall–Kier alpha value is -0.650. The summed E-state index contributed by atoms with van der Waals surface area (Å²) < 4.78 is 0. The Morgan fingerprint density at radius 1 is 1.40 bits per heavy atom. The largest absolute Gasteiger partial charge is 0.480 e. The molecule has 2 rings (SSSR count). The Kier molecular flexibility index (Phi) is 5.41. The van der Waals surface area contributed by atoms with Gasteiger partial charge in [0.25, 0.3) is 0 Å². The van der Waals surface area contributed by atoms with Crippen LogP contribution in [0.1, 0.15) is 39.5 Å². The first-order valence-corrected chi connectivity index (χ1v) is 8.00. The summed E-state index contributed by atoms with van der Waals surface area (Å²) in [7, 11) is 0. The van der Waals surface area contributed by atoms with E-state index in [0.29, 0.717) is 12.5 Å². The topological polar surface area (TPSA) is 55.8 Å². The fourth-order valence-corrected chi connectivity index (χ4v) is 3.31. The molecule has 0 radical (unpaired) electrons. The molecule has 2 aliphatic heterocycles. The molecule has 5 heteroatoms. The Morgan fingerprint density at radius 2 is 2.20 bits per heavy atom. The SMILES string of the molecule is CCCNC(C)(CCN1CCN2CCCC2C1)C(=O)O. The summed E-state index contributed by atoms with van der Waals surface area (Å²) in [6.45, 7) is 10.1. The van der Waals surface area contributed by atoms with E-state index < -0.39 is 11.5 Å². The summed E-state index contributed by atoms with van der Waals surface area (Å²) in [5, 5.41) is 12.6. The molecule has 0 saturated carbocycles. The van der Waals surface area contributed by atoms with Crippen molar-refractivity contribution >= 4 is 5.97 Å². The molecular formula is C15H29N3O2. The maximum absolute atomic E-state index is 11.5. The van der Waals surface area contributed by atoms with Gasteiger partial charge in [-0.05, 0) is 45.7 Å². The molecular weight excluding hydrogens is 254 g/mol. The number of piperazine rings is 1. The van der Waals surface area contributed by atoms with Crippen LogP contribution in [-0.4, -0.2) is 71.7 Å². The molecule has 0 aromatic heterocycles. The van der Waals surface area contributed by atoms with E-state index >= 15 is 0 Å². The lowest BCUT2D eigenvalue weighted by Crippen LogP contribution is -2.54. The number of hydrogen-bond donors (Lipinski definition) is 2. The van der Waals surface area contributed by atoms with Crippen molar-refractivity contribution < 1.29 is 9.90 Å². The lowest BCUT2D eigenvalue weighted by Gasteiger charge is -2.39. The highest BCUT2D eigenvalue weighted by Gasteiger charge is 2.35. The monoisotopic (exact) mass is 283 g/mol. The summed E-state index contributed by atoms with van der Waals surface area (Å²) in [5.41, 5.74) is -0.789. The van der Waals surface area contributed by atoms with E-state index in [2.05, 4.69) is 22.0 Å². The van der Waals surface area contributed by atoms with Crippen molar-refractivity contribution in [3.8, 4) is 0 Å². The maximum Gasteiger partial charge on any atom is 0.323 e. The van der Waals surface area contributed by atoms with Crippen LogP contribution in [-0.2, 0) is 4.79 Å². The van der Waals surface area contributed by atoms with E-state index in [1.807, 2.05) is 6.92 Å². The van der Waals surface area contributed by atoms with E-state index in [4.69, 9.17) is 0 Å². The third-order valence-corrected chi connectivity index (χ3v) is 4.84. The molecule has 0 bridgehead atoms. The van der Waals surface area contributed by atoms with Crippen LogP contribution in [0.3, 0.4) is 0 Å². The van der Waals surface area contributed by atoms with Gasteiger partial charge in [-0.25, -0.2) is 0 Å². The number of fused-ring (bicyclic) bond motifs is 1. The highest BCUT2D eigenvalue weighted by Crippen LogP contribution is 2.22. The van der Waals surface area contributed by atoms with Crippen LogP contribution in [0, 0.1) is 0 Å². The highest BCUT2D eigenvalue weighted by atomic mass is 16.4. The van der Waals surface area contributed by atoms with Crippen LogP contribution in [0.2, 0.25) is 0 Å². The number of rotatable bonds is 7. The van der Waals surface area contributed by atoms with E-state index in [0.717, 1.165) is 39.1 Å². The minimum atomic E-state index is -0.789. The van der Waals surface area contributed by atoms with Gasteiger partial charge in [-0.2, -0.15) is 0 Å². The Labute approximate surface area is 122 Å². The molecule has 2 unspecified atom stereocenters. The van der Waals surface area contributed by atoms with Crippen molar-refractivity contribution in [3.63, 3.8) is 0 Å². The van der Waals surface area contributed by atoms with Gasteiger partial charge in [0.05, 0.1) is 0 Å². The first kappa shape index (κ1) is 15.7. The standard InChI is InChI=1S/C15H29N3O2/c1-3-7-16-15(2,14(19)20)6-9-17-10-11-18-8-4-5-13(18)12-17/h13,16H,3-12H2,1-2H3,(H,19,20). The molecule has 2 aliphatic rings. The normalized spacial score (nSPS) is 27.2. The first-order chi connectivity index (χ1) is 9.55. The fourth-order valence-electron chi connectivity index (χ4n) is 3.31. The molecule has 0 aromatic carbocycles. The average molecular weight is 283 g/mol. The fraction of sp³-hybridized carbons (Fsp3) is 0.933. The van der Waals surface area contributed by atoms with Crippen LogP contribution in [0.4, 0.5) is 0 Å². The molecule has 0 spiro atoms. The predicted molar refractivity (Wildman–Crippen MR) is 80.0 cm³/mol. The number of nitrogens with one attached hydrogen (secondary N) is 1. The zero-order valence-corrected chi connectivity index (χ0v) is 12.9. The summed E-state index contributed by atoms with van der Waals surface area (Å²) in [4.78, 5) is 16.5. The van der Waals surface area contributed by atoms with Crippen molar-refractivity contribution in [1.29, 1.82) is 0 Å². The Bertz CT molecular complexity index is 337. The average Bonchev–Trinajstić information content (AvgIpc) is 2.90. The third kappa shape index (κ3) is 3.71. The minimum Gasteiger partial charge on any atom is -0.480 e. The van der Waals surface area contributed by atoms with Gasteiger partial charge in [0.2, 0.25) is 0 Å². The third-order valence-electron chi connectivity index (χ3n) is 4.84. The quantitative estimate of drug-likeness (QED) is 0.730. The predicted octanol–water partition coefficient (Wildman–Crippen LogP) is 0.999. The summed E-state index contributed by atoms with van der Waals surface area (Å²) >= 11 is 0. The van der Waals surface area contributed by atoms with Gasteiger partial charge in [-0.15, -0.1) is 0 Å². The van der Waals surface area contributed by atoms with Gasteiger partial charge in [0.15, 0.2) is 0 Å². The van der Waals surface area contributed by atoms with Gasteiger partial charge in [0, 0.05) is 32.2 Å². The second-order valence-corrected chi connectivity index (χ2v) is 6.45. The Morgan fingerprint density at radius 3 is 2.90 bits per heavy atom. The molecule has 2 atom stereocenters. The number of nitrogens with zero attached hydrogens (tertiary/aromatic N) is 2. The molecule has 0 amide bonds. The molecule has 2 N–H and O–H groups in total. The van der Waals surface area contributed by atoms with E-state index in [-0.39, 0.29) is 0 Å². The van der Waals surface area contributed by atoms with Gasteiger partial charge >= 0.3 is 5.97 Å². The lowest BCUT2D eigenvalue weighted by atomic mass is 9.97. The number of hydrogen-bond acceptors (Lipinski definition) is 4. The van der Waals surface area contributed by atoms with Gasteiger partial charge in [0.1, 0.15) is 5.54 Å². The maximum atomic E-state index is 11.5. The van der Waals surface area contributed by atoms with Crippen molar-refractivity contribution in [2.45, 2.75) is 51.1 Å². The molecule has 2 saturated heterocycles. The molecule has 20 heavy (non-hydrogen) atoms. The van der Waals surface area contributed by atoms with Gasteiger partial charge in [-0.3, -0.25) is 9.69 Å². The molecule has 5 nitrogen and oxygen atoms in total. The summed E-state index contributed by atoms with van der Waals surface area (Å²) in [5.74, 6) is -0.731. The molecule has 0 aromatic rings. The highest BCUT2D eigenvalue weighted by molar-refractivity contribution is 5.78. The minimum absolute atomic E-state index is 0.676. The van der Waals surface area contributed by atoms with Crippen LogP contribution in [0.5, 0.6) is 0 Å². The summed E-state index contributed by atoms with van der Waals surface area (Å²) in [6, 6.07) is 0.712. The molecule has 0 aliphatic carbocycles. The zero-order valence-electron chi connectivity index (χ0n) is 12.9. The summed E-state index contributed by atoms with van der Waals surface area (Å²) in [6.07, 6.45) is 4.27. The van der Waals surface area contributed by atoms with E-state index in [9.17, 15) is 9.90 Å². The van der Waals surface area contributed by atoms with E-state index in [1.54, 1.807) is 0 Å². The van der Waals surface area contributed by atoms with Crippen molar-refractivity contribution in [2.24, 2.45) is 0 Å². The van der Waals surface area contributed by atoms with Gasteiger partial charge in [-0.1, -0.05) is 6.92 Å². The van der Waals surface area contributed by atoms with Crippen molar-refractivity contribution in [1.82, 2.24) is 15.1 Å². The lowest BCUT2D eigenvalue weighted by molar-refractivity contribution is -0.144. The number of carboxylic acid groups (broad SMARTS) is 1. The molecule has 2 heterocycles. The second kappa shape index (κ2) is 6.87. The van der Waals surface area contributed by atoms with Crippen LogP contribution >= 0.6 is 0 Å². The van der Waals surface area contributed by atoms with Crippen LogP contribution in [0.15, 0.2) is 0 Å². The van der Waals surface area contributed by atoms with Gasteiger partial charge < -0.3 is 15.3 Å². The van der Waals surface area contributed by atoms with Crippen molar-refractivity contribution in [3.05, 3.63) is 0 Å². The molecule has 2 fully saturated rings. The van der Waals surface area contributed by atoms with Crippen molar-refractivity contribution in [2.75, 3.05) is 39.3 Å². The Balaban J connectivity index is 1.81. The van der Waals surface area contributed by atoms with Crippen LogP contribution in [0.25, 0.3) is 0 Å². The van der Waals surface area contributed by atoms with Crippen LogP contribution < -0.4 is 5.32 Å². The smallest absolute Gasteiger partial charge is 0.323 e. The van der Waals surface area contributed by atoms with E-state index in [1.165, 1.54) is 19.4 Å². The second-order valence-electron chi connectivity index (χ2n) is 6.45. The first-order valence-electron chi connectivity index (χ1n) is 8.00. The molecule has 116 valence electrons.